The van der Waals surface area contributed by atoms with Crippen LogP contribution in [0.15, 0.2) is 30.3 Å². The number of hydrogen-bond donors (Lipinski definition) is 0. The molecule has 0 aliphatic carbocycles. The number of hydrogen-bond acceptors (Lipinski definition) is 6. The second-order valence-electron chi connectivity index (χ2n) is 4.97. The summed E-state index contributed by atoms with van der Waals surface area (Å²) >= 11 is 2.10. The van der Waals surface area contributed by atoms with Crippen LogP contribution >= 0.6 is 22.6 Å². The lowest BCUT2D eigenvalue weighted by atomic mass is 10.1. The predicted octanol–water partition coefficient (Wildman–Crippen LogP) is 3.74. The molecule has 0 bridgehead atoms. The van der Waals surface area contributed by atoms with E-state index >= 15 is 0 Å². The molecule has 0 atom stereocenters. The van der Waals surface area contributed by atoms with Gasteiger partial charge in [-0.2, -0.15) is 0 Å². The Morgan fingerprint density at radius 3 is 2.12 bits per heavy atom. The highest BCUT2D eigenvalue weighted by molar-refractivity contribution is 14.1. The summed E-state index contributed by atoms with van der Waals surface area (Å²) in [6.07, 6.45) is 0. The highest BCUT2D eigenvalue weighted by atomic mass is 127. The fraction of sp³-hybridized carbons (Fsp3) is 0.222. The van der Waals surface area contributed by atoms with Crippen molar-refractivity contribution in [1.29, 1.82) is 0 Å². The lowest BCUT2D eigenvalue weighted by Crippen LogP contribution is -2.12. The standard InChI is InChI=1S/C18H17IO6/c1-10(20)12-6-8-14(22-2)17(24-4)16(12)25-18(21)11-5-7-13(19)15(9-11)23-3/h5-9H,1-4H3. The van der Waals surface area contributed by atoms with Crippen molar-refractivity contribution in [2.24, 2.45) is 0 Å². The summed E-state index contributed by atoms with van der Waals surface area (Å²) < 4.78 is 22.0. The van der Waals surface area contributed by atoms with Gasteiger partial charge in [-0.05, 0) is 59.8 Å². The van der Waals surface area contributed by atoms with Crippen molar-refractivity contribution in [2.75, 3.05) is 21.3 Å². The number of carbonyl (C=O) groups is 2. The molecule has 7 heteroatoms. The van der Waals surface area contributed by atoms with Crippen LogP contribution in [-0.4, -0.2) is 33.1 Å². The van der Waals surface area contributed by atoms with E-state index in [0.29, 0.717) is 11.5 Å². The first-order chi connectivity index (χ1) is 11.9. The second-order valence-corrected chi connectivity index (χ2v) is 6.13. The number of Topliss-reactive ketones (excluding diaryl/α,β-unsaturated/α-hetero) is 1. The van der Waals surface area contributed by atoms with Gasteiger partial charge in [0.15, 0.2) is 17.3 Å². The van der Waals surface area contributed by atoms with E-state index in [2.05, 4.69) is 22.6 Å². The number of ketones is 1. The largest absolute Gasteiger partial charge is 0.496 e. The van der Waals surface area contributed by atoms with Gasteiger partial charge in [0.05, 0.1) is 36.0 Å². The normalized spacial score (nSPS) is 10.1. The number of carbonyl (C=O) groups excluding carboxylic acids is 2. The number of rotatable bonds is 6. The van der Waals surface area contributed by atoms with E-state index in [1.807, 2.05) is 0 Å². The van der Waals surface area contributed by atoms with Crippen molar-refractivity contribution < 1.29 is 28.5 Å². The Bertz CT molecular complexity index is 815. The number of benzene rings is 2. The summed E-state index contributed by atoms with van der Waals surface area (Å²) in [7, 11) is 4.39. The van der Waals surface area contributed by atoms with Crippen LogP contribution in [0.4, 0.5) is 0 Å². The molecule has 0 heterocycles. The summed E-state index contributed by atoms with van der Waals surface area (Å²) in [5, 5.41) is 0. The third-order valence-electron chi connectivity index (χ3n) is 3.46. The predicted molar refractivity (Wildman–Crippen MR) is 100 cm³/mol. The van der Waals surface area contributed by atoms with Gasteiger partial charge in [-0.1, -0.05) is 0 Å². The highest BCUT2D eigenvalue weighted by Gasteiger charge is 2.23. The first kappa shape index (κ1) is 19.0. The van der Waals surface area contributed by atoms with Crippen molar-refractivity contribution in [3.63, 3.8) is 0 Å². The lowest BCUT2D eigenvalue weighted by Gasteiger charge is -2.15. The average molecular weight is 456 g/mol. The molecule has 0 aliphatic rings. The molecule has 0 unspecified atom stereocenters. The van der Waals surface area contributed by atoms with Crippen molar-refractivity contribution in [3.05, 3.63) is 45.0 Å². The molecule has 2 aromatic rings. The van der Waals surface area contributed by atoms with Gasteiger partial charge < -0.3 is 18.9 Å². The number of esters is 1. The molecule has 0 amide bonds. The molecule has 25 heavy (non-hydrogen) atoms. The fourth-order valence-corrected chi connectivity index (χ4v) is 2.77. The SMILES string of the molecule is COc1cc(C(=O)Oc2c(C(C)=O)ccc(OC)c2OC)ccc1I. The molecule has 6 nitrogen and oxygen atoms in total. The Labute approximate surface area is 159 Å². The quantitative estimate of drug-likeness (QED) is 0.286. The topological polar surface area (TPSA) is 71.1 Å². The third kappa shape index (κ3) is 4.04. The average Bonchev–Trinajstić information content (AvgIpc) is 2.61. The minimum Gasteiger partial charge on any atom is -0.496 e. The van der Waals surface area contributed by atoms with Crippen LogP contribution in [0.25, 0.3) is 0 Å². The zero-order valence-corrected chi connectivity index (χ0v) is 16.4. The maximum Gasteiger partial charge on any atom is 0.343 e. The fourth-order valence-electron chi connectivity index (χ4n) is 2.22. The van der Waals surface area contributed by atoms with Gasteiger partial charge in [0.1, 0.15) is 5.75 Å². The summed E-state index contributed by atoms with van der Waals surface area (Å²) in [4.78, 5) is 24.4. The van der Waals surface area contributed by atoms with E-state index in [9.17, 15) is 9.59 Å². The molecule has 0 saturated carbocycles. The Kier molecular flexibility index (Phi) is 6.24. The van der Waals surface area contributed by atoms with Crippen molar-refractivity contribution >= 4 is 34.3 Å². The minimum absolute atomic E-state index is 0.0249. The molecule has 0 spiro atoms. The number of ether oxygens (including phenoxy) is 4. The van der Waals surface area contributed by atoms with Gasteiger partial charge in [-0.3, -0.25) is 4.79 Å². The van der Waals surface area contributed by atoms with E-state index < -0.39 is 5.97 Å². The van der Waals surface area contributed by atoms with Gasteiger partial charge in [0, 0.05) is 0 Å². The van der Waals surface area contributed by atoms with Gasteiger partial charge in [-0.15, -0.1) is 0 Å². The zero-order valence-electron chi connectivity index (χ0n) is 14.2. The molecule has 132 valence electrons. The zero-order chi connectivity index (χ0) is 18.6. The van der Waals surface area contributed by atoms with E-state index in [1.54, 1.807) is 24.3 Å². The van der Waals surface area contributed by atoms with Crippen molar-refractivity contribution in [2.45, 2.75) is 6.92 Å². The van der Waals surface area contributed by atoms with Gasteiger partial charge in [-0.25, -0.2) is 4.79 Å². The Balaban J connectivity index is 2.48. The molecule has 0 saturated heterocycles. The number of methoxy groups -OCH3 is 3. The monoisotopic (exact) mass is 456 g/mol. The molecule has 2 rings (SSSR count). The lowest BCUT2D eigenvalue weighted by molar-refractivity contribution is 0.0726. The van der Waals surface area contributed by atoms with Crippen LogP contribution in [0, 0.1) is 3.57 Å². The summed E-state index contributed by atoms with van der Waals surface area (Å²) in [6, 6.07) is 8.04. The number of halogens is 1. The van der Waals surface area contributed by atoms with Crippen LogP contribution in [0.5, 0.6) is 23.0 Å². The second kappa shape index (κ2) is 8.19. The summed E-state index contributed by atoms with van der Waals surface area (Å²) in [5.41, 5.74) is 0.514. The maximum atomic E-state index is 12.5. The first-order valence-corrected chi connectivity index (χ1v) is 8.32. The van der Waals surface area contributed by atoms with E-state index in [-0.39, 0.29) is 28.4 Å². The molecule has 0 fully saturated rings. The van der Waals surface area contributed by atoms with E-state index in [4.69, 9.17) is 18.9 Å². The van der Waals surface area contributed by atoms with Gasteiger partial charge in [0.2, 0.25) is 5.75 Å². The smallest absolute Gasteiger partial charge is 0.343 e. The molecule has 2 aromatic carbocycles. The Morgan fingerprint density at radius 1 is 0.880 bits per heavy atom. The van der Waals surface area contributed by atoms with Gasteiger partial charge >= 0.3 is 5.97 Å². The molecule has 0 aliphatic heterocycles. The first-order valence-electron chi connectivity index (χ1n) is 7.24. The minimum atomic E-state index is -0.635. The molecule has 0 radical (unpaired) electrons. The maximum absolute atomic E-state index is 12.5. The van der Waals surface area contributed by atoms with Crippen LogP contribution < -0.4 is 18.9 Å². The molecule has 0 N–H and O–H groups in total. The van der Waals surface area contributed by atoms with Crippen LogP contribution in [0.1, 0.15) is 27.6 Å². The van der Waals surface area contributed by atoms with Crippen LogP contribution in [0.3, 0.4) is 0 Å². The van der Waals surface area contributed by atoms with Crippen LogP contribution in [-0.2, 0) is 0 Å². The molecular formula is C18H17IO6. The van der Waals surface area contributed by atoms with E-state index in [1.165, 1.54) is 34.3 Å². The molecule has 0 aromatic heterocycles. The summed E-state index contributed by atoms with van der Waals surface area (Å²) in [6.45, 7) is 1.38. The van der Waals surface area contributed by atoms with E-state index in [0.717, 1.165) is 3.57 Å². The third-order valence-corrected chi connectivity index (χ3v) is 4.35. The van der Waals surface area contributed by atoms with Crippen molar-refractivity contribution in [3.8, 4) is 23.0 Å². The summed E-state index contributed by atoms with van der Waals surface area (Å²) in [5.74, 6) is 0.223. The molecular weight excluding hydrogens is 439 g/mol. The Morgan fingerprint density at radius 2 is 1.56 bits per heavy atom. The van der Waals surface area contributed by atoms with Crippen LogP contribution in [0.2, 0.25) is 0 Å². The van der Waals surface area contributed by atoms with Gasteiger partial charge in [0.25, 0.3) is 0 Å². The Hall–Kier alpha value is -2.29. The van der Waals surface area contributed by atoms with Crippen molar-refractivity contribution in [1.82, 2.24) is 0 Å². The highest BCUT2D eigenvalue weighted by Crippen LogP contribution is 2.40.